The maximum atomic E-state index is 12.9. The van der Waals surface area contributed by atoms with Gasteiger partial charge < -0.3 is 19.7 Å². The molecular weight excluding hydrogens is 312 g/mol. The molecule has 2 aliphatic rings. The smallest absolute Gasteiger partial charge is 0.408 e. The van der Waals surface area contributed by atoms with Crippen LogP contribution < -0.4 is 5.32 Å². The second-order valence-electron chi connectivity index (χ2n) is 7.13. The first-order chi connectivity index (χ1) is 11.2. The van der Waals surface area contributed by atoms with Crippen LogP contribution in [0.1, 0.15) is 46.5 Å². The predicted octanol–water partition coefficient (Wildman–Crippen LogP) is 1.76. The van der Waals surface area contributed by atoms with Gasteiger partial charge >= 0.3 is 12.1 Å². The van der Waals surface area contributed by atoms with Gasteiger partial charge in [-0.3, -0.25) is 4.79 Å². The van der Waals surface area contributed by atoms with Gasteiger partial charge in [0.2, 0.25) is 5.91 Å². The molecule has 7 heteroatoms. The standard InChI is InChI=1S/C17H26N2O5/c1-17(2,3)24-16(22)18-12-8-6-5-7-11-9-10-13(15(21)23-4)19(11)14(12)20/h5,7,11-13H,6,8-10H2,1-4H3,(H,18,22)/b7-5-/t11-,12-,13-/m0/s1. The predicted molar refractivity (Wildman–Crippen MR) is 87.2 cm³/mol. The molecule has 1 N–H and O–H groups in total. The van der Waals surface area contributed by atoms with E-state index in [9.17, 15) is 14.4 Å². The fraction of sp³-hybridized carbons (Fsp3) is 0.706. The second kappa shape index (κ2) is 7.23. The van der Waals surface area contributed by atoms with Gasteiger partial charge in [0.05, 0.1) is 13.2 Å². The zero-order valence-corrected chi connectivity index (χ0v) is 14.7. The van der Waals surface area contributed by atoms with Crippen molar-refractivity contribution in [2.75, 3.05) is 7.11 Å². The van der Waals surface area contributed by atoms with Crippen LogP contribution in [0.4, 0.5) is 4.79 Å². The van der Waals surface area contributed by atoms with Gasteiger partial charge in [0.15, 0.2) is 0 Å². The average molecular weight is 338 g/mol. The molecule has 1 fully saturated rings. The number of nitrogens with one attached hydrogen (secondary N) is 1. The number of carbonyl (C=O) groups excluding carboxylic acids is 3. The lowest BCUT2D eigenvalue weighted by atomic mass is 10.0. The van der Waals surface area contributed by atoms with Gasteiger partial charge in [0, 0.05) is 0 Å². The van der Waals surface area contributed by atoms with Crippen molar-refractivity contribution < 1.29 is 23.9 Å². The van der Waals surface area contributed by atoms with Gasteiger partial charge in [-0.15, -0.1) is 0 Å². The highest BCUT2D eigenvalue weighted by atomic mass is 16.6. The second-order valence-corrected chi connectivity index (χ2v) is 7.13. The van der Waals surface area contributed by atoms with Crippen LogP contribution >= 0.6 is 0 Å². The van der Waals surface area contributed by atoms with E-state index in [0.29, 0.717) is 25.7 Å². The normalized spacial score (nSPS) is 28.4. The third-order valence-electron chi connectivity index (χ3n) is 4.13. The van der Waals surface area contributed by atoms with Crippen LogP contribution in [0.25, 0.3) is 0 Å². The monoisotopic (exact) mass is 338 g/mol. The lowest BCUT2D eigenvalue weighted by Gasteiger charge is -2.33. The van der Waals surface area contributed by atoms with Gasteiger partial charge in [-0.05, 0) is 46.5 Å². The molecule has 0 aromatic carbocycles. The van der Waals surface area contributed by atoms with Crippen molar-refractivity contribution in [2.45, 2.75) is 70.2 Å². The summed E-state index contributed by atoms with van der Waals surface area (Å²) in [5.41, 5.74) is -0.640. The Hall–Kier alpha value is -2.05. The zero-order chi connectivity index (χ0) is 17.9. The van der Waals surface area contributed by atoms with E-state index in [1.165, 1.54) is 7.11 Å². The molecule has 0 unspecified atom stereocenters. The molecule has 1 saturated heterocycles. The molecule has 134 valence electrons. The summed E-state index contributed by atoms with van der Waals surface area (Å²) in [6.45, 7) is 5.29. The molecule has 0 aliphatic carbocycles. The van der Waals surface area contributed by atoms with Crippen LogP contribution in [0.3, 0.4) is 0 Å². The van der Waals surface area contributed by atoms with Crippen LogP contribution in [0.2, 0.25) is 0 Å². The molecule has 7 nitrogen and oxygen atoms in total. The van der Waals surface area contributed by atoms with Crippen LogP contribution in [-0.2, 0) is 19.1 Å². The molecule has 2 heterocycles. The summed E-state index contributed by atoms with van der Waals surface area (Å²) in [5, 5.41) is 2.64. The van der Waals surface area contributed by atoms with Gasteiger partial charge in [-0.1, -0.05) is 12.2 Å². The van der Waals surface area contributed by atoms with Crippen molar-refractivity contribution in [1.29, 1.82) is 0 Å². The number of esters is 1. The lowest BCUT2D eigenvalue weighted by Crippen LogP contribution is -2.55. The number of ether oxygens (including phenoxy) is 2. The first-order valence-electron chi connectivity index (χ1n) is 8.29. The third kappa shape index (κ3) is 4.27. The summed E-state index contributed by atoms with van der Waals surface area (Å²) in [6, 6.07) is -1.44. The minimum Gasteiger partial charge on any atom is -0.467 e. The lowest BCUT2D eigenvalue weighted by molar-refractivity contribution is -0.152. The summed E-state index contributed by atoms with van der Waals surface area (Å²) in [5.74, 6) is -0.682. The Morgan fingerprint density at radius 2 is 1.96 bits per heavy atom. The molecule has 0 radical (unpaired) electrons. The minimum absolute atomic E-state index is 0.134. The molecule has 0 saturated carbocycles. The van der Waals surface area contributed by atoms with Crippen molar-refractivity contribution in [3.63, 3.8) is 0 Å². The Kier molecular flexibility index (Phi) is 5.51. The van der Waals surface area contributed by atoms with Crippen molar-refractivity contribution in [1.82, 2.24) is 10.2 Å². The molecule has 0 aromatic rings. The summed E-state index contributed by atoms with van der Waals surface area (Å²) < 4.78 is 10.1. The number of methoxy groups -OCH3 is 1. The maximum Gasteiger partial charge on any atom is 0.408 e. The Labute approximate surface area is 142 Å². The number of allylic oxidation sites excluding steroid dienone is 1. The Bertz CT molecular complexity index is 538. The fourth-order valence-corrected chi connectivity index (χ4v) is 3.11. The fourth-order valence-electron chi connectivity index (χ4n) is 3.11. The molecule has 3 atom stereocenters. The number of fused-ring (bicyclic) bond motifs is 1. The van der Waals surface area contributed by atoms with Crippen LogP contribution in [0.15, 0.2) is 12.2 Å². The van der Waals surface area contributed by atoms with E-state index in [4.69, 9.17) is 9.47 Å². The van der Waals surface area contributed by atoms with Gasteiger partial charge in [0.25, 0.3) is 0 Å². The first kappa shape index (κ1) is 18.3. The third-order valence-corrected chi connectivity index (χ3v) is 4.13. The summed E-state index contributed by atoms with van der Waals surface area (Å²) in [7, 11) is 1.32. The Balaban J connectivity index is 2.15. The molecule has 0 spiro atoms. The zero-order valence-electron chi connectivity index (χ0n) is 14.7. The van der Waals surface area contributed by atoms with Crippen molar-refractivity contribution in [2.24, 2.45) is 0 Å². The summed E-state index contributed by atoms with van der Waals surface area (Å²) in [6.07, 6.45) is 5.74. The largest absolute Gasteiger partial charge is 0.467 e. The molecule has 0 bridgehead atoms. The van der Waals surface area contributed by atoms with Crippen molar-refractivity contribution in [3.8, 4) is 0 Å². The Morgan fingerprint density at radius 1 is 1.25 bits per heavy atom. The molecule has 0 aromatic heterocycles. The van der Waals surface area contributed by atoms with E-state index in [0.717, 1.165) is 0 Å². The summed E-state index contributed by atoms with van der Waals surface area (Å²) >= 11 is 0. The SMILES string of the molecule is COC(=O)[C@@H]1CC[C@@H]2/C=C\CC[C@H](NC(=O)OC(C)(C)C)C(=O)N21. The Morgan fingerprint density at radius 3 is 2.58 bits per heavy atom. The minimum atomic E-state index is -0.711. The van der Waals surface area contributed by atoms with Crippen LogP contribution in [0.5, 0.6) is 0 Å². The summed E-state index contributed by atoms with van der Waals surface area (Å²) in [4.78, 5) is 38.5. The highest BCUT2D eigenvalue weighted by Crippen LogP contribution is 2.29. The number of hydrogen-bond donors (Lipinski definition) is 1. The highest BCUT2D eigenvalue weighted by Gasteiger charge is 2.43. The quantitative estimate of drug-likeness (QED) is 0.612. The average Bonchev–Trinajstić information content (AvgIpc) is 2.88. The van der Waals surface area contributed by atoms with Gasteiger partial charge in [-0.25, -0.2) is 9.59 Å². The topological polar surface area (TPSA) is 84.9 Å². The molecule has 2 rings (SSSR count). The van der Waals surface area contributed by atoms with E-state index < -0.39 is 29.7 Å². The number of hydrogen-bond acceptors (Lipinski definition) is 5. The van der Waals surface area contributed by atoms with E-state index in [1.54, 1.807) is 25.7 Å². The van der Waals surface area contributed by atoms with E-state index in [2.05, 4.69) is 5.32 Å². The van der Waals surface area contributed by atoms with Crippen LogP contribution in [0, 0.1) is 0 Å². The van der Waals surface area contributed by atoms with Crippen LogP contribution in [-0.4, -0.2) is 53.7 Å². The number of carbonyl (C=O) groups is 3. The van der Waals surface area contributed by atoms with Gasteiger partial charge in [0.1, 0.15) is 17.7 Å². The van der Waals surface area contributed by atoms with E-state index in [1.807, 2.05) is 12.2 Å². The number of rotatable bonds is 2. The number of nitrogens with zero attached hydrogens (tertiary/aromatic N) is 1. The number of alkyl carbamates (subject to hydrolysis) is 1. The van der Waals surface area contributed by atoms with E-state index in [-0.39, 0.29) is 11.9 Å². The van der Waals surface area contributed by atoms with Crippen molar-refractivity contribution >= 4 is 18.0 Å². The molecule has 24 heavy (non-hydrogen) atoms. The van der Waals surface area contributed by atoms with E-state index >= 15 is 0 Å². The molecule has 2 amide bonds. The molecular formula is C17H26N2O5. The van der Waals surface area contributed by atoms with Gasteiger partial charge in [-0.2, -0.15) is 0 Å². The molecule has 2 aliphatic heterocycles. The van der Waals surface area contributed by atoms with Crippen molar-refractivity contribution in [3.05, 3.63) is 12.2 Å². The highest BCUT2D eigenvalue weighted by molar-refractivity contribution is 5.90. The number of amides is 2. The first-order valence-corrected chi connectivity index (χ1v) is 8.29. The maximum absolute atomic E-state index is 12.9.